The quantitative estimate of drug-likeness (QED) is 0.779. The van der Waals surface area contributed by atoms with Crippen molar-refractivity contribution in [1.29, 1.82) is 0 Å². The van der Waals surface area contributed by atoms with Gasteiger partial charge in [-0.3, -0.25) is 9.59 Å². The third-order valence-corrected chi connectivity index (χ3v) is 4.57. The summed E-state index contributed by atoms with van der Waals surface area (Å²) in [6.45, 7) is 4.78. The zero-order valence-corrected chi connectivity index (χ0v) is 16.4. The minimum absolute atomic E-state index is 0.154. The fourth-order valence-electron chi connectivity index (χ4n) is 2.53. The molecule has 0 radical (unpaired) electrons. The summed E-state index contributed by atoms with van der Waals surface area (Å²) in [4.78, 5) is 24.2. The Balaban J connectivity index is 2.14. The Morgan fingerprint density at radius 3 is 2.50 bits per heavy atom. The molecule has 1 heterocycles. The van der Waals surface area contributed by atoms with Gasteiger partial charge in [-0.25, -0.2) is 4.68 Å². The monoisotopic (exact) mass is 397 g/mol. The number of ether oxygens (including phenoxy) is 1. The molecule has 0 aliphatic carbocycles. The smallest absolute Gasteiger partial charge is 0.271 e. The largest absolute Gasteiger partial charge is 0.383 e. The van der Waals surface area contributed by atoms with E-state index in [1.165, 1.54) is 23.9 Å². The first-order valence-corrected chi connectivity index (χ1v) is 8.81. The van der Waals surface area contributed by atoms with Crippen molar-refractivity contribution in [2.75, 3.05) is 20.3 Å². The van der Waals surface area contributed by atoms with Gasteiger partial charge in [0.25, 0.3) is 11.5 Å². The predicted molar refractivity (Wildman–Crippen MR) is 102 cm³/mol. The molecule has 1 N–H and O–H groups in total. The lowest BCUT2D eigenvalue weighted by Crippen LogP contribution is -2.38. The van der Waals surface area contributed by atoms with Crippen LogP contribution in [0.2, 0.25) is 10.0 Å². The molecule has 2 rings (SSSR count). The van der Waals surface area contributed by atoms with Gasteiger partial charge in [-0.15, -0.1) is 0 Å². The lowest BCUT2D eigenvalue weighted by molar-refractivity contribution is 0.0937. The summed E-state index contributed by atoms with van der Waals surface area (Å²) in [7, 11) is 1.53. The molecular weight excluding hydrogens is 377 g/mol. The van der Waals surface area contributed by atoms with Gasteiger partial charge in [0.1, 0.15) is 5.69 Å². The molecule has 0 saturated heterocycles. The van der Waals surface area contributed by atoms with E-state index >= 15 is 0 Å². The number of halogens is 2. The van der Waals surface area contributed by atoms with Gasteiger partial charge in [0.2, 0.25) is 0 Å². The Labute approximate surface area is 162 Å². The maximum absolute atomic E-state index is 12.4. The number of nitrogens with one attached hydrogen (secondary N) is 1. The fraction of sp³-hybridized carbons (Fsp3) is 0.389. The number of amides is 1. The zero-order chi connectivity index (χ0) is 19.3. The first kappa shape index (κ1) is 20.4. The molecule has 0 atom stereocenters. The molecule has 1 amide bonds. The first-order valence-electron chi connectivity index (χ1n) is 8.06. The normalized spacial score (nSPS) is 11.4. The van der Waals surface area contributed by atoms with E-state index in [4.69, 9.17) is 27.9 Å². The number of carbonyl (C=O) groups excluding carboxylic acids is 1. The average Bonchev–Trinajstić information content (AvgIpc) is 2.58. The number of nitrogens with zero attached hydrogens (tertiary/aromatic N) is 2. The van der Waals surface area contributed by atoms with E-state index in [0.717, 1.165) is 5.56 Å². The number of carbonyl (C=O) groups is 1. The number of aromatic nitrogens is 2. The number of benzene rings is 1. The van der Waals surface area contributed by atoms with Crippen LogP contribution < -0.4 is 10.9 Å². The molecule has 140 valence electrons. The standard InChI is InChI=1S/C18H21Cl2N3O3/c1-18(2,16-12(19)5-4-6-13(16)20)11-21-17(25)14-7-8-15(24)23(22-14)9-10-26-3/h4-8H,9-11H2,1-3H3,(H,21,25). The Hall–Kier alpha value is -1.89. The van der Waals surface area contributed by atoms with E-state index in [9.17, 15) is 9.59 Å². The highest BCUT2D eigenvalue weighted by atomic mass is 35.5. The van der Waals surface area contributed by atoms with Crippen LogP contribution in [0.1, 0.15) is 29.9 Å². The van der Waals surface area contributed by atoms with Crippen molar-refractivity contribution in [1.82, 2.24) is 15.1 Å². The Morgan fingerprint density at radius 2 is 1.88 bits per heavy atom. The van der Waals surface area contributed by atoms with Crippen LogP contribution in [0.3, 0.4) is 0 Å². The number of rotatable bonds is 7. The number of hydrogen-bond acceptors (Lipinski definition) is 4. The maximum atomic E-state index is 12.4. The van der Waals surface area contributed by atoms with E-state index in [0.29, 0.717) is 23.2 Å². The molecule has 0 fully saturated rings. The van der Waals surface area contributed by atoms with Gasteiger partial charge < -0.3 is 10.1 Å². The molecule has 1 aromatic heterocycles. The summed E-state index contributed by atoms with van der Waals surface area (Å²) in [5.74, 6) is -0.382. The molecule has 0 bridgehead atoms. The van der Waals surface area contributed by atoms with Crippen molar-refractivity contribution in [3.63, 3.8) is 0 Å². The van der Waals surface area contributed by atoms with Crippen LogP contribution >= 0.6 is 23.2 Å². The third-order valence-electron chi connectivity index (χ3n) is 3.94. The van der Waals surface area contributed by atoms with E-state index in [1.807, 2.05) is 13.8 Å². The topological polar surface area (TPSA) is 73.2 Å². The number of methoxy groups -OCH3 is 1. The third kappa shape index (κ3) is 4.84. The summed E-state index contributed by atoms with van der Waals surface area (Å²) in [6.07, 6.45) is 0. The van der Waals surface area contributed by atoms with Crippen LogP contribution in [0.5, 0.6) is 0 Å². The van der Waals surface area contributed by atoms with Crippen LogP contribution in [0, 0.1) is 0 Å². The van der Waals surface area contributed by atoms with Crippen molar-refractivity contribution < 1.29 is 9.53 Å². The highest BCUT2D eigenvalue weighted by Gasteiger charge is 2.27. The summed E-state index contributed by atoms with van der Waals surface area (Å²) >= 11 is 12.5. The van der Waals surface area contributed by atoms with Gasteiger partial charge in [0, 0.05) is 35.2 Å². The molecule has 26 heavy (non-hydrogen) atoms. The van der Waals surface area contributed by atoms with Crippen LogP contribution in [0.15, 0.2) is 35.1 Å². The lowest BCUT2D eigenvalue weighted by atomic mass is 9.84. The molecule has 0 aliphatic rings. The van der Waals surface area contributed by atoms with Crippen LogP contribution in [0.4, 0.5) is 0 Å². The van der Waals surface area contributed by atoms with Crippen molar-refractivity contribution >= 4 is 29.1 Å². The SMILES string of the molecule is COCCn1nc(C(=O)NCC(C)(C)c2c(Cl)cccc2Cl)ccc1=O. The molecule has 0 unspecified atom stereocenters. The molecule has 0 spiro atoms. The molecule has 0 saturated carbocycles. The van der Waals surface area contributed by atoms with Gasteiger partial charge in [-0.2, -0.15) is 5.10 Å². The average molecular weight is 398 g/mol. The maximum Gasteiger partial charge on any atom is 0.271 e. The van der Waals surface area contributed by atoms with E-state index in [2.05, 4.69) is 10.4 Å². The molecular formula is C18H21Cl2N3O3. The highest BCUT2D eigenvalue weighted by Crippen LogP contribution is 2.35. The Bertz CT molecular complexity index is 830. The summed E-state index contributed by atoms with van der Waals surface area (Å²) in [6, 6.07) is 8.01. The molecule has 1 aromatic carbocycles. The molecule has 0 aliphatic heterocycles. The number of hydrogen-bond donors (Lipinski definition) is 1. The van der Waals surface area contributed by atoms with Crippen LogP contribution in [-0.4, -0.2) is 35.9 Å². The fourth-order valence-corrected chi connectivity index (χ4v) is 3.44. The Morgan fingerprint density at radius 1 is 1.23 bits per heavy atom. The van der Waals surface area contributed by atoms with Crippen molar-refractivity contribution in [3.8, 4) is 0 Å². The van der Waals surface area contributed by atoms with Gasteiger partial charge >= 0.3 is 0 Å². The van der Waals surface area contributed by atoms with Gasteiger partial charge in [-0.05, 0) is 23.8 Å². The molecule has 8 heteroatoms. The lowest BCUT2D eigenvalue weighted by Gasteiger charge is -2.27. The van der Waals surface area contributed by atoms with Crippen molar-refractivity contribution in [2.24, 2.45) is 0 Å². The minimum Gasteiger partial charge on any atom is -0.383 e. The summed E-state index contributed by atoms with van der Waals surface area (Å²) in [5, 5.41) is 8.00. The zero-order valence-electron chi connectivity index (χ0n) is 14.9. The predicted octanol–water partition coefficient (Wildman–Crippen LogP) is 2.90. The van der Waals surface area contributed by atoms with E-state index < -0.39 is 5.41 Å². The van der Waals surface area contributed by atoms with Crippen LogP contribution in [0.25, 0.3) is 0 Å². The van der Waals surface area contributed by atoms with E-state index in [1.54, 1.807) is 18.2 Å². The summed E-state index contributed by atoms with van der Waals surface area (Å²) in [5.41, 5.74) is 0.139. The van der Waals surface area contributed by atoms with Gasteiger partial charge in [0.15, 0.2) is 0 Å². The van der Waals surface area contributed by atoms with Crippen LogP contribution in [-0.2, 0) is 16.7 Å². The molecule has 6 nitrogen and oxygen atoms in total. The molecule has 2 aromatic rings. The summed E-state index contributed by atoms with van der Waals surface area (Å²) < 4.78 is 6.14. The van der Waals surface area contributed by atoms with Gasteiger partial charge in [0.05, 0.1) is 13.2 Å². The second-order valence-corrected chi connectivity index (χ2v) is 7.25. The second kappa shape index (κ2) is 8.66. The van der Waals surface area contributed by atoms with Crippen molar-refractivity contribution in [3.05, 3.63) is 62.0 Å². The van der Waals surface area contributed by atoms with E-state index in [-0.39, 0.29) is 23.7 Å². The Kier molecular flexibility index (Phi) is 6.81. The van der Waals surface area contributed by atoms with Gasteiger partial charge in [-0.1, -0.05) is 43.1 Å². The first-order chi connectivity index (χ1) is 12.3. The highest BCUT2D eigenvalue weighted by molar-refractivity contribution is 6.36. The second-order valence-electron chi connectivity index (χ2n) is 6.44. The van der Waals surface area contributed by atoms with Crippen molar-refractivity contribution in [2.45, 2.75) is 25.8 Å². The minimum atomic E-state index is -0.490.